The number of hydrogen-bond acceptors (Lipinski definition) is 6. The minimum Gasteiger partial charge on any atom is -0.549 e. The third-order valence-corrected chi connectivity index (χ3v) is 1.45. The zero-order valence-electron chi connectivity index (χ0n) is 7.28. The number of rotatable bonds is 4. The summed E-state index contributed by atoms with van der Waals surface area (Å²) < 4.78 is 34.5. The Labute approximate surface area is 102 Å². The molecule has 2 N–H and O–H groups in total. The van der Waals surface area contributed by atoms with E-state index in [0.29, 0.717) is 0 Å². The van der Waals surface area contributed by atoms with Crippen LogP contribution >= 0.6 is 0 Å². The van der Waals surface area contributed by atoms with E-state index in [1.54, 1.807) is 0 Å². The van der Waals surface area contributed by atoms with Crippen molar-refractivity contribution in [2.75, 3.05) is 11.5 Å². The molecule has 8 nitrogen and oxygen atoms in total. The van der Waals surface area contributed by atoms with Gasteiger partial charge in [-0.2, -0.15) is 0 Å². The van der Waals surface area contributed by atoms with Crippen LogP contribution in [0.2, 0.25) is 0 Å². The van der Waals surface area contributed by atoms with E-state index in [4.69, 9.17) is 9.11 Å². The Hall–Kier alpha value is -0.217. The van der Waals surface area contributed by atoms with Crippen LogP contribution in [-0.2, 0) is 51.2 Å². The van der Waals surface area contributed by atoms with Crippen LogP contribution in [0.4, 0.5) is 0 Å². The smallest absolute Gasteiger partial charge is 0.549 e. The Morgan fingerprint density at radius 2 is 1.13 bits per heavy atom. The van der Waals surface area contributed by atoms with E-state index in [2.05, 4.69) is 0 Å². The molecule has 0 aliphatic carbocycles. The van der Waals surface area contributed by atoms with Crippen molar-refractivity contribution >= 4 is 34.1 Å². The second-order valence-corrected chi connectivity index (χ2v) is 3.54. The largest absolute Gasteiger partial charge is 2.00 e. The molecule has 0 aliphatic rings. The third kappa shape index (κ3) is 31.6. The van der Waals surface area contributed by atoms with E-state index in [-0.39, 0.29) is 19.5 Å². The Morgan fingerprint density at radius 3 is 1.13 bits per heavy atom. The zero-order valence-corrected chi connectivity index (χ0v) is 11.9. The van der Waals surface area contributed by atoms with Crippen LogP contribution < -0.4 is 10.2 Å². The molecule has 0 bridgehead atoms. The van der Waals surface area contributed by atoms with Gasteiger partial charge in [-0.05, 0) is 0 Å². The summed E-state index contributed by atoms with van der Waals surface area (Å²) in [6, 6.07) is 0. The van der Waals surface area contributed by atoms with Gasteiger partial charge in [0.2, 0.25) is 0 Å². The standard InChI is InChI=1S/2C2H4O4S.Zn/c2*3-2(4)1-7(5)6;/h2*1H2,(H,3,4)(H,5,6);/q;;+2/p-2. The minimum absolute atomic E-state index is 0. The summed E-state index contributed by atoms with van der Waals surface area (Å²) in [5, 5.41) is 18.7. The molecule has 84 valence electrons. The Kier molecular flexibility index (Phi) is 16.0. The molecule has 0 rings (SSSR count). The maximum atomic E-state index is 9.50. The first-order valence-corrected chi connectivity index (χ1v) is 5.35. The monoisotopic (exact) mass is 310 g/mol. The van der Waals surface area contributed by atoms with Crippen molar-refractivity contribution in [2.24, 2.45) is 0 Å². The summed E-state index contributed by atoms with van der Waals surface area (Å²) in [7, 11) is 0. The molecule has 0 amide bonds. The van der Waals surface area contributed by atoms with Gasteiger partial charge in [-0.15, -0.1) is 0 Å². The van der Waals surface area contributed by atoms with Gasteiger partial charge in [0.1, 0.15) is 0 Å². The number of carboxylic acid groups (broad SMARTS) is 2. The van der Waals surface area contributed by atoms with Crippen LogP contribution in [0.1, 0.15) is 0 Å². The normalized spacial score (nSPS) is 12.4. The van der Waals surface area contributed by atoms with Crippen LogP contribution in [0, 0.1) is 0 Å². The first-order valence-electron chi connectivity index (χ1n) is 2.80. The Bertz CT molecular complexity index is 203. The van der Waals surface area contributed by atoms with Crippen LogP contribution in [0.3, 0.4) is 0 Å². The van der Waals surface area contributed by atoms with Gasteiger partial charge in [0.15, 0.2) is 22.2 Å². The summed E-state index contributed by atoms with van der Waals surface area (Å²) in [5.41, 5.74) is 0. The van der Waals surface area contributed by atoms with Crippen molar-refractivity contribution in [1.29, 1.82) is 0 Å². The molecule has 0 aromatic heterocycles. The molecule has 0 saturated carbocycles. The van der Waals surface area contributed by atoms with Crippen molar-refractivity contribution in [1.82, 2.24) is 0 Å². The Balaban J connectivity index is -0.000000180. The van der Waals surface area contributed by atoms with Crippen LogP contribution in [0.15, 0.2) is 0 Å². The average Bonchev–Trinajstić information content (AvgIpc) is 1.79. The SMILES string of the molecule is O=C([O-])CS(=O)O.O=C([O-])CS(=O)O.[Zn+2]. The molecule has 11 heteroatoms. The predicted octanol–water partition coefficient (Wildman–Crippen LogP) is -4.09. The molecular formula is C4H6O8S2Zn. The van der Waals surface area contributed by atoms with Crippen molar-refractivity contribution in [3.8, 4) is 0 Å². The first kappa shape index (κ1) is 20.2. The van der Waals surface area contributed by atoms with E-state index >= 15 is 0 Å². The van der Waals surface area contributed by atoms with Gasteiger partial charge in [0.05, 0.1) is 23.4 Å². The fourth-order valence-corrected chi connectivity index (χ4v) is 0.605. The molecule has 0 radical (unpaired) electrons. The molecule has 0 spiro atoms. The van der Waals surface area contributed by atoms with Gasteiger partial charge in [0.25, 0.3) is 0 Å². The van der Waals surface area contributed by atoms with Gasteiger partial charge in [-0.25, -0.2) is 8.42 Å². The molecule has 0 aliphatic heterocycles. The number of carboxylic acids is 2. The van der Waals surface area contributed by atoms with Gasteiger partial charge in [0, 0.05) is 0 Å². The summed E-state index contributed by atoms with van der Waals surface area (Å²) in [6.45, 7) is 0. The summed E-state index contributed by atoms with van der Waals surface area (Å²) in [4.78, 5) is 18.7. The zero-order chi connectivity index (χ0) is 11.7. The molecule has 0 saturated heterocycles. The minimum atomic E-state index is -2.26. The predicted molar refractivity (Wildman–Crippen MR) is 41.3 cm³/mol. The van der Waals surface area contributed by atoms with Crippen molar-refractivity contribution in [2.45, 2.75) is 0 Å². The molecule has 0 fully saturated rings. The molecule has 0 heterocycles. The van der Waals surface area contributed by atoms with Crippen molar-refractivity contribution in [3.05, 3.63) is 0 Å². The van der Waals surface area contributed by atoms with Crippen LogP contribution in [0.5, 0.6) is 0 Å². The molecule has 2 unspecified atom stereocenters. The van der Waals surface area contributed by atoms with Gasteiger partial charge < -0.3 is 28.9 Å². The second kappa shape index (κ2) is 11.9. The molecule has 0 aromatic carbocycles. The fraction of sp³-hybridized carbons (Fsp3) is 0.500. The van der Waals surface area contributed by atoms with Gasteiger partial charge >= 0.3 is 19.5 Å². The van der Waals surface area contributed by atoms with E-state index in [1.807, 2.05) is 0 Å². The van der Waals surface area contributed by atoms with Crippen LogP contribution in [0.25, 0.3) is 0 Å². The number of carbonyl (C=O) groups is 2. The maximum absolute atomic E-state index is 9.50. The van der Waals surface area contributed by atoms with E-state index in [9.17, 15) is 28.2 Å². The van der Waals surface area contributed by atoms with E-state index in [0.717, 1.165) is 0 Å². The molecule has 15 heavy (non-hydrogen) atoms. The van der Waals surface area contributed by atoms with Crippen molar-refractivity contribution < 1.29 is 56.8 Å². The average molecular weight is 312 g/mol. The fourth-order valence-electron chi connectivity index (χ4n) is 0.202. The first-order chi connectivity index (χ1) is 6.25. The van der Waals surface area contributed by atoms with Gasteiger partial charge in [-0.3, -0.25) is 0 Å². The summed E-state index contributed by atoms with van der Waals surface area (Å²) in [6.07, 6.45) is 0. The molecular weight excluding hydrogens is 306 g/mol. The quantitative estimate of drug-likeness (QED) is 0.392. The van der Waals surface area contributed by atoms with Crippen LogP contribution in [-0.4, -0.2) is 41.0 Å². The number of hydrogen-bond donors (Lipinski definition) is 2. The Morgan fingerprint density at radius 1 is 0.933 bits per heavy atom. The summed E-state index contributed by atoms with van der Waals surface area (Å²) in [5.74, 6) is -4.64. The molecule has 0 aromatic rings. The number of carbonyl (C=O) groups excluding carboxylic acids is 2. The maximum Gasteiger partial charge on any atom is 2.00 e. The topological polar surface area (TPSA) is 155 Å². The second-order valence-electron chi connectivity index (χ2n) is 1.68. The van der Waals surface area contributed by atoms with Crippen molar-refractivity contribution in [3.63, 3.8) is 0 Å². The third-order valence-electron chi connectivity index (χ3n) is 0.483. The van der Waals surface area contributed by atoms with E-state index in [1.165, 1.54) is 0 Å². The number of aliphatic carboxylic acids is 2. The summed E-state index contributed by atoms with van der Waals surface area (Å²) >= 11 is -4.52. The molecule has 2 atom stereocenters. The van der Waals surface area contributed by atoms with Gasteiger partial charge in [-0.1, -0.05) is 0 Å². The van der Waals surface area contributed by atoms with E-state index < -0.39 is 45.6 Å².